The van der Waals surface area contributed by atoms with Crippen molar-refractivity contribution >= 4 is 5.96 Å². The molecule has 0 aliphatic heterocycles. The van der Waals surface area contributed by atoms with Crippen LogP contribution in [-0.4, -0.2) is 39.9 Å². The molecule has 1 heterocycles. The highest BCUT2D eigenvalue weighted by Crippen LogP contribution is 2.06. The highest BCUT2D eigenvalue weighted by Gasteiger charge is 2.06. The van der Waals surface area contributed by atoms with E-state index in [0.29, 0.717) is 6.04 Å². The lowest BCUT2D eigenvalue weighted by molar-refractivity contribution is 0.489. The number of nitrogens with one attached hydrogen (secondary N) is 2. The third-order valence-electron chi connectivity index (χ3n) is 3.53. The lowest BCUT2D eigenvalue weighted by Gasteiger charge is -2.18. The van der Waals surface area contributed by atoms with Crippen molar-refractivity contribution in [1.82, 2.24) is 25.4 Å². The maximum absolute atomic E-state index is 4.65. The zero-order valence-electron chi connectivity index (χ0n) is 14.8. The predicted octanol–water partition coefficient (Wildman–Crippen LogP) is 2.22. The minimum atomic E-state index is 0.432. The topological polar surface area (TPSA) is 67.1 Å². The molecule has 22 heavy (non-hydrogen) atoms. The van der Waals surface area contributed by atoms with Crippen molar-refractivity contribution < 1.29 is 0 Å². The summed E-state index contributed by atoms with van der Waals surface area (Å²) in [5, 5.41) is 14.8. The summed E-state index contributed by atoms with van der Waals surface area (Å²) >= 11 is 0. The first-order valence-corrected chi connectivity index (χ1v) is 8.48. The van der Waals surface area contributed by atoms with Crippen LogP contribution in [0.15, 0.2) is 11.3 Å². The van der Waals surface area contributed by atoms with Gasteiger partial charge in [0, 0.05) is 25.6 Å². The Morgan fingerprint density at radius 3 is 2.68 bits per heavy atom. The largest absolute Gasteiger partial charge is 0.357 e. The first kappa shape index (κ1) is 18.5. The highest BCUT2D eigenvalue weighted by molar-refractivity contribution is 5.79. The molecule has 0 radical (unpaired) electrons. The molecule has 0 spiro atoms. The summed E-state index contributed by atoms with van der Waals surface area (Å²) in [5.74, 6) is 2.65. The van der Waals surface area contributed by atoms with Gasteiger partial charge in [0.25, 0.3) is 0 Å². The molecule has 1 rings (SSSR count). The van der Waals surface area contributed by atoms with Gasteiger partial charge in [-0.3, -0.25) is 4.99 Å². The Kier molecular flexibility index (Phi) is 8.55. The van der Waals surface area contributed by atoms with Gasteiger partial charge in [-0.1, -0.05) is 20.8 Å². The van der Waals surface area contributed by atoms with Crippen LogP contribution in [0, 0.1) is 5.92 Å². The van der Waals surface area contributed by atoms with E-state index in [1.54, 1.807) is 6.33 Å². The fraction of sp³-hybridized carbons (Fsp3) is 0.812. The van der Waals surface area contributed by atoms with Crippen LogP contribution in [0.2, 0.25) is 0 Å². The van der Waals surface area contributed by atoms with E-state index in [1.165, 1.54) is 6.42 Å². The molecule has 0 aromatic carbocycles. The predicted molar refractivity (Wildman–Crippen MR) is 92.0 cm³/mol. The van der Waals surface area contributed by atoms with Gasteiger partial charge in [0.15, 0.2) is 5.96 Å². The summed E-state index contributed by atoms with van der Waals surface area (Å²) < 4.78 is 2.06. The van der Waals surface area contributed by atoms with Crippen LogP contribution in [0.25, 0.3) is 0 Å². The molecule has 1 aromatic heterocycles. The number of hydrogen-bond donors (Lipinski definition) is 2. The third kappa shape index (κ3) is 6.91. The van der Waals surface area contributed by atoms with E-state index in [1.807, 2.05) is 0 Å². The molecule has 6 heteroatoms. The molecule has 0 aliphatic rings. The summed E-state index contributed by atoms with van der Waals surface area (Å²) in [7, 11) is 0. The maximum atomic E-state index is 4.65. The molecule has 1 atom stereocenters. The zero-order valence-corrected chi connectivity index (χ0v) is 14.8. The molecule has 0 amide bonds. The highest BCUT2D eigenvalue weighted by atomic mass is 15.3. The minimum Gasteiger partial charge on any atom is -0.357 e. The van der Waals surface area contributed by atoms with Crippen LogP contribution < -0.4 is 10.6 Å². The van der Waals surface area contributed by atoms with Crippen molar-refractivity contribution in [3.8, 4) is 0 Å². The van der Waals surface area contributed by atoms with Crippen molar-refractivity contribution in [2.24, 2.45) is 10.9 Å². The van der Waals surface area contributed by atoms with E-state index in [4.69, 9.17) is 0 Å². The quantitative estimate of drug-likeness (QED) is 0.542. The molecular formula is C16H32N6. The Bertz CT molecular complexity index is 438. The number of aryl methyl sites for hydroxylation is 1. The Balaban J connectivity index is 2.47. The Hall–Kier alpha value is -1.59. The number of hydrogen-bond acceptors (Lipinski definition) is 3. The van der Waals surface area contributed by atoms with Gasteiger partial charge in [0.2, 0.25) is 0 Å². The number of nitrogens with zero attached hydrogens (tertiary/aromatic N) is 4. The van der Waals surface area contributed by atoms with Crippen LogP contribution in [0.3, 0.4) is 0 Å². The second kappa shape index (κ2) is 10.2. The van der Waals surface area contributed by atoms with Crippen LogP contribution in [-0.2, 0) is 13.0 Å². The summed E-state index contributed by atoms with van der Waals surface area (Å²) in [6.45, 7) is 13.3. The van der Waals surface area contributed by atoms with Crippen LogP contribution in [0.1, 0.15) is 53.3 Å². The van der Waals surface area contributed by atoms with E-state index >= 15 is 0 Å². The van der Waals surface area contributed by atoms with Gasteiger partial charge >= 0.3 is 0 Å². The molecule has 1 aromatic rings. The van der Waals surface area contributed by atoms with Crippen molar-refractivity contribution in [3.63, 3.8) is 0 Å². The maximum Gasteiger partial charge on any atom is 0.191 e. The van der Waals surface area contributed by atoms with Crippen molar-refractivity contribution in [3.05, 3.63) is 12.2 Å². The molecule has 0 bridgehead atoms. The van der Waals surface area contributed by atoms with Crippen LogP contribution >= 0.6 is 0 Å². The van der Waals surface area contributed by atoms with E-state index in [0.717, 1.165) is 50.2 Å². The van der Waals surface area contributed by atoms with E-state index in [-0.39, 0.29) is 0 Å². The van der Waals surface area contributed by atoms with E-state index in [9.17, 15) is 0 Å². The first-order valence-electron chi connectivity index (χ1n) is 8.48. The smallest absolute Gasteiger partial charge is 0.191 e. The van der Waals surface area contributed by atoms with Crippen molar-refractivity contribution in [2.45, 2.75) is 66.5 Å². The summed E-state index contributed by atoms with van der Waals surface area (Å²) in [6.07, 6.45) is 5.07. The lowest BCUT2D eigenvalue weighted by Crippen LogP contribution is -2.42. The zero-order chi connectivity index (χ0) is 16.4. The second-order valence-electron chi connectivity index (χ2n) is 6.07. The molecule has 126 valence electrons. The lowest BCUT2D eigenvalue weighted by atomic mass is 10.0. The minimum absolute atomic E-state index is 0.432. The van der Waals surface area contributed by atoms with Crippen molar-refractivity contribution in [2.75, 3.05) is 13.1 Å². The molecule has 0 aliphatic carbocycles. The van der Waals surface area contributed by atoms with E-state index in [2.05, 4.69) is 65.0 Å². The molecule has 6 nitrogen and oxygen atoms in total. The Labute approximate surface area is 134 Å². The SMILES string of the molecule is CCNC(=NCCn1cnnc1CC)NC(C)CCC(C)C. The molecule has 1 unspecified atom stereocenters. The standard InChI is InChI=1S/C16H32N6/c1-6-15-21-19-12-22(15)11-10-18-16(17-7-2)20-14(5)9-8-13(3)4/h12-14H,6-11H2,1-5H3,(H2,17,18,20). The van der Waals surface area contributed by atoms with Gasteiger partial charge < -0.3 is 15.2 Å². The van der Waals surface area contributed by atoms with Crippen LogP contribution in [0.5, 0.6) is 0 Å². The number of aliphatic imine (C=N–C) groups is 1. The van der Waals surface area contributed by atoms with Gasteiger partial charge in [-0.15, -0.1) is 10.2 Å². The monoisotopic (exact) mass is 308 g/mol. The summed E-state index contributed by atoms with van der Waals surface area (Å²) in [6, 6.07) is 0.432. The average Bonchev–Trinajstić information content (AvgIpc) is 2.92. The summed E-state index contributed by atoms with van der Waals surface area (Å²) in [5.41, 5.74) is 0. The average molecular weight is 308 g/mol. The van der Waals surface area contributed by atoms with Gasteiger partial charge in [-0.05, 0) is 32.6 Å². The molecule has 0 fully saturated rings. The van der Waals surface area contributed by atoms with Gasteiger partial charge in [-0.25, -0.2) is 0 Å². The normalized spacial score (nSPS) is 13.5. The van der Waals surface area contributed by atoms with Crippen molar-refractivity contribution in [1.29, 1.82) is 0 Å². The third-order valence-corrected chi connectivity index (χ3v) is 3.53. The van der Waals surface area contributed by atoms with Gasteiger partial charge in [0.05, 0.1) is 6.54 Å². The Morgan fingerprint density at radius 2 is 2.05 bits per heavy atom. The number of guanidine groups is 1. The fourth-order valence-corrected chi connectivity index (χ4v) is 2.22. The Morgan fingerprint density at radius 1 is 1.27 bits per heavy atom. The van der Waals surface area contributed by atoms with E-state index < -0.39 is 0 Å². The molecule has 0 saturated heterocycles. The molecule has 0 saturated carbocycles. The number of rotatable bonds is 9. The number of aromatic nitrogens is 3. The van der Waals surface area contributed by atoms with Crippen LogP contribution in [0.4, 0.5) is 0 Å². The van der Waals surface area contributed by atoms with Gasteiger partial charge in [0.1, 0.15) is 12.2 Å². The molecular weight excluding hydrogens is 276 g/mol. The van der Waals surface area contributed by atoms with Gasteiger partial charge in [-0.2, -0.15) is 0 Å². The summed E-state index contributed by atoms with van der Waals surface area (Å²) in [4.78, 5) is 4.65. The first-order chi connectivity index (χ1) is 10.6. The second-order valence-corrected chi connectivity index (χ2v) is 6.07. The molecule has 2 N–H and O–H groups in total. The fourth-order valence-electron chi connectivity index (χ4n) is 2.22.